The summed E-state index contributed by atoms with van der Waals surface area (Å²) < 4.78 is 0. The van der Waals surface area contributed by atoms with Crippen LogP contribution >= 0.6 is 0 Å². The van der Waals surface area contributed by atoms with Crippen molar-refractivity contribution < 1.29 is 9.59 Å². The van der Waals surface area contributed by atoms with E-state index in [9.17, 15) is 9.59 Å². The zero-order valence-corrected chi connectivity index (χ0v) is 14.3. The van der Waals surface area contributed by atoms with Gasteiger partial charge >= 0.3 is 0 Å². The molecule has 0 aliphatic carbocycles. The smallest absolute Gasteiger partial charge is 0.230 e. The molecule has 130 valence electrons. The molecular weight excluding hydrogens is 328 g/mol. The van der Waals surface area contributed by atoms with E-state index in [1.165, 1.54) is 0 Å². The van der Waals surface area contributed by atoms with E-state index in [1.807, 2.05) is 42.5 Å². The molecule has 0 bridgehead atoms. The average Bonchev–Trinajstić information content (AvgIpc) is 2.97. The predicted molar refractivity (Wildman–Crippen MR) is 98.2 cm³/mol. The second-order valence-electron chi connectivity index (χ2n) is 6.45. The first-order valence-electron chi connectivity index (χ1n) is 8.45. The lowest BCUT2D eigenvalue weighted by Gasteiger charge is -2.24. The number of anilines is 1. The Labute approximate surface area is 150 Å². The number of carbonyl (C=O) groups is 2. The number of pyridine rings is 2. The highest BCUT2D eigenvalue weighted by molar-refractivity contribution is 5.99. The number of rotatable bonds is 3. The van der Waals surface area contributed by atoms with E-state index in [0.717, 1.165) is 16.5 Å². The van der Waals surface area contributed by atoms with Crippen LogP contribution < -0.4 is 5.32 Å². The highest BCUT2D eigenvalue weighted by atomic mass is 16.2. The van der Waals surface area contributed by atoms with Crippen LogP contribution in [-0.2, 0) is 9.59 Å². The number of nitrogens with zero attached hydrogens (tertiary/aromatic N) is 3. The van der Waals surface area contributed by atoms with Gasteiger partial charge in [-0.05, 0) is 35.9 Å². The summed E-state index contributed by atoms with van der Waals surface area (Å²) in [6.07, 6.45) is 5.32. The number of likely N-dealkylation sites (tertiary alicyclic amines) is 1. The Kier molecular flexibility index (Phi) is 4.08. The molecule has 26 heavy (non-hydrogen) atoms. The number of amides is 2. The fraction of sp³-hybridized carbons (Fsp3) is 0.200. The van der Waals surface area contributed by atoms with Crippen LogP contribution in [0.25, 0.3) is 10.9 Å². The largest absolute Gasteiger partial charge is 0.338 e. The standard InChI is InChI=1S/C20H18N4O2/c1-24-18(25)11-16(19(24)14-5-2-8-21-12-14)20(26)23-15-6-7-17-13(10-15)4-3-9-22-17/h2-10,12,16,19H,11H2,1H3,(H,23,26). The van der Waals surface area contributed by atoms with Gasteiger partial charge in [0, 0.05) is 43.1 Å². The van der Waals surface area contributed by atoms with E-state index in [2.05, 4.69) is 15.3 Å². The van der Waals surface area contributed by atoms with Crippen LogP contribution in [-0.4, -0.2) is 33.7 Å². The summed E-state index contributed by atoms with van der Waals surface area (Å²) >= 11 is 0. The molecule has 0 spiro atoms. The number of benzene rings is 1. The molecular formula is C20H18N4O2. The van der Waals surface area contributed by atoms with Crippen molar-refractivity contribution in [1.29, 1.82) is 0 Å². The van der Waals surface area contributed by atoms with E-state index < -0.39 is 5.92 Å². The van der Waals surface area contributed by atoms with Gasteiger partial charge in [-0.1, -0.05) is 12.1 Å². The summed E-state index contributed by atoms with van der Waals surface area (Å²) in [4.78, 5) is 35.2. The third kappa shape index (κ3) is 2.90. The number of carbonyl (C=O) groups excluding carboxylic acids is 2. The first kappa shape index (κ1) is 16.2. The Morgan fingerprint density at radius 2 is 2.04 bits per heavy atom. The molecule has 6 nitrogen and oxygen atoms in total. The van der Waals surface area contributed by atoms with Gasteiger partial charge < -0.3 is 10.2 Å². The maximum atomic E-state index is 12.9. The number of nitrogens with one attached hydrogen (secondary N) is 1. The number of aromatic nitrogens is 2. The van der Waals surface area contributed by atoms with Crippen molar-refractivity contribution in [1.82, 2.24) is 14.9 Å². The average molecular weight is 346 g/mol. The Balaban J connectivity index is 1.60. The molecule has 3 heterocycles. The lowest BCUT2D eigenvalue weighted by Crippen LogP contribution is -2.30. The van der Waals surface area contributed by atoms with Crippen LogP contribution in [0.3, 0.4) is 0 Å². The van der Waals surface area contributed by atoms with Gasteiger partial charge in [0.25, 0.3) is 0 Å². The van der Waals surface area contributed by atoms with Gasteiger partial charge in [0.15, 0.2) is 0 Å². The van der Waals surface area contributed by atoms with Crippen molar-refractivity contribution >= 4 is 28.4 Å². The van der Waals surface area contributed by atoms with Gasteiger partial charge in [-0.3, -0.25) is 19.6 Å². The molecule has 2 aromatic heterocycles. The molecule has 2 atom stereocenters. The Bertz CT molecular complexity index is 974. The lowest BCUT2D eigenvalue weighted by molar-refractivity contribution is -0.127. The second-order valence-corrected chi connectivity index (χ2v) is 6.45. The van der Waals surface area contributed by atoms with Gasteiger partial charge in [-0.25, -0.2) is 0 Å². The third-order valence-corrected chi connectivity index (χ3v) is 4.82. The molecule has 4 rings (SSSR count). The highest BCUT2D eigenvalue weighted by Gasteiger charge is 2.42. The van der Waals surface area contributed by atoms with Crippen molar-refractivity contribution in [3.8, 4) is 0 Å². The lowest BCUT2D eigenvalue weighted by atomic mass is 9.94. The van der Waals surface area contributed by atoms with E-state index in [1.54, 1.807) is 30.5 Å². The van der Waals surface area contributed by atoms with Crippen molar-refractivity contribution in [3.63, 3.8) is 0 Å². The van der Waals surface area contributed by atoms with Gasteiger partial charge in [0.1, 0.15) is 0 Å². The van der Waals surface area contributed by atoms with E-state index in [4.69, 9.17) is 0 Å². The molecule has 1 aromatic carbocycles. The minimum absolute atomic E-state index is 0.0401. The molecule has 0 saturated carbocycles. The van der Waals surface area contributed by atoms with Crippen molar-refractivity contribution in [2.24, 2.45) is 5.92 Å². The Morgan fingerprint density at radius 1 is 1.19 bits per heavy atom. The molecule has 2 amide bonds. The first-order valence-corrected chi connectivity index (χ1v) is 8.45. The van der Waals surface area contributed by atoms with Crippen LogP contribution in [0.1, 0.15) is 18.0 Å². The Hall–Kier alpha value is -3.28. The zero-order valence-electron chi connectivity index (χ0n) is 14.3. The number of fused-ring (bicyclic) bond motifs is 1. The molecule has 6 heteroatoms. The zero-order chi connectivity index (χ0) is 18.1. The molecule has 1 N–H and O–H groups in total. The van der Waals surface area contributed by atoms with Gasteiger partial charge in [-0.15, -0.1) is 0 Å². The SMILES string of the molecule is CN1C(=O)CC(C(=O)Nc2ccc3ncccc3c2)C1c1cccnc1. The summed E-state index contributed by atoms with van der Waals surface area (Å²) in [5.41, 5.74) is 2.43. The molecule has 0 radical (unpaired) electrons. The van der Waals surface area contributed by atoms with Gasteiger partial charge in [0.05, 0.1) is 17.5 Å². The fourth-order valence-corrected chi connectivity index (χ4v) is 3.50. The molecule has 1 aliphatic heterocycles. The minimum atomic E-state index is -0.457. The van der Waals surface area contributed by atoms with Crippen LogP contribution in [0, 0.1) is 5.92 Å². The number of hydrogen-bond acceptors (Lipinski definition) is 4. The van der Waals surface area contributed by atoms with E-state index in [-0.39, 0.29) is 24.3 Å². The summed E-state index contributed by atoms with van der Waals surface area (Å²) in [7, 11) is 1.73. The van der Waals surface area contributed by atoms with Crippen LogP contribution in [0.5, 0.6) is 0 Å². The molecule has 2 unspecified atom stereocenters. The fourth-order valence-electron chi connectivity index (χ4n) is 3.50. The quantitative estimate of drug-likeness (QED) is 0.791. The van der Waals surface area contributed by atoms with Gasteiger partial charge in [0.2, 0.25) is 11.8 Å². The normalized spacial score (nSPS) is 19.7. The summed E-state index contributed by atoms with van der Waals surface area (Å²) in [6.45, 7) is 0. The monoisotopic (exact) mass is 346 g/mol. The Morgan fingerprint density at radius 3 is 2.85 bits per heavy atom. The van der Waals surface area contributed by atoms with Crippen LogP contribution in [0.2, 0.25) is 0 Å². The molecule has 1 saturated heterocycles. The molecule has 1 fully saturated rings. The van der Waals surface area contributed by atoms with Crippen molar-refractivity contribution in [3.05, 3.63) is 66.6 Å². The molecule has 3 aromatic rings. The second kappa shape index (κ2) is 6.55. The van der Waals surface area contributed by atoms with E-state index in [0.29, 0.717) is 5.69 Å². The van der Waals surface area contributed by atoms with E-state index >= 15 is 0 Å². The summed E-state index contributed by atoms with van der Waals surface area (Å²) in [5.74, 6) is -0.664. The summed E-state index contributed by atoms with van der Waals surface area (Å²) in [5, 5.41) is 3.90. The van der Waals surface area contributed by atoms with Crippen molar-refractivity contribution in [2.45, 2.75) is 12.5 Å². The minimum Gasteiger partial charge on any atom is -0.338 e. The van der Waals surface area contributed by atoms with Gasteiger partial charge in [-0.2, -0.15) is 0 Å². The molecule has 1 aliphatic rings. The first-order chi connectivity index (χ1) is 12.6. The third-order valence-electron chi connectivity index (χ3n) is 4.82. The van der Waals surface area contributed by atoms with Crippen LogP contribution in [0.4, 0.5) is 5.69 Å². The maximum absolute atomic E-state index is 12.9. The number of hydrogen-bond donors (Lipinski definition) is 1. The summed E-state index contributed by atoms with van der Waals surface area (Å²) in [6, 6.07) is 12.8. The highest BCUT2D eigenvalue weighted by Crippen LogP contribution is 2.37. The van der Waals surface area contributed by atoms with Crippen LogP contribution in [0.15, 0.2) is 61.1 Å². The predicted octanol–water partition coefficient (Wildman–Crippen LogP) is 2.79. The topological polar surface area (TPSA) is 75.2 Å². The maximum Gasteiger partial charge on any atom is 0.230 e. The van der Waals surface area contributed by atoms with Crippen molar-refractivity contribution in [2.75, 3.05) is 12.4 Å².